The summed E-state index contributed by atoms with van der Waals surface area (Å²) < 4.78 is 28.9. The molecule has 1 aromatic rings. The van der Waals surface area contributed by atoms with Gasteiger partial charge in [-0.1, -0.05) is 0 Å². The summed E-state index contributed by atoms with van der Waals surface area (Å²) in [7, 11) is 0. The fraction of sp³-hybridized carbons (Fsp3) is 0.792. The number of fused-ring (bicyclic) bond motifs is 2. The SMILES string of the molecule is O=C(Cn1c(=O)n(CC(=O)OCC2CCC3OC3C2)c(=O)n(CC2CO2)c1=O)OCC1CCC2OC2C1. The van der Waals surface area contributed by atoms with Crippen molar-refractivity contribution in [3.63, 3.8) is 0 Å². The zero-order chi connectivity index (χ0) is 25.7. The van der Waals surface area contributed by atoms with Crippen molar-refractivity contribution in [2.75, 3.05) is 19.8 Å². The Labute approximate surface area is 211 Å². The number of ether oxygens (including phenoxy) is 5. The Balaban J connectivity index is 1.13. The zero-order valence-electron chi connectivity index (χ0n) is 20.5. The van der Waals surface area contributed by atoms with E-state index < -0.39 is 42.1 Å². The Hall–Kier alpha value is -2.77. The van der Waals surface area contributed by atoms with Gasteiger partial charge in [0.15, 0.2) is 0 Å². The van der Waals surface area contributed by atoms with Crippen LogP contribution in [0.2, 0.25) is 0 Å². The maximum absolute atomic E-state index is 13.1. The smallest absolute Gasteiger partial charge is 0.337 e. The van der Waals surface area contributed by atoms with Crippen molar-refractivity contribution in [2.24, 2.45) is 11.8 Å². The molecule has 202 valence electrons. The van der Waals surface area contributed by atoms with Crippen LogP contribution in [-0.2, 0) is 52.9 Å². The van der Waals surface area contributed by atoms with Crippen molar-refractivity contribution in [3.8, 4) is 0 Å². The second kappa shape index (κ2) is 9.84. The molecule has 0 spiro atoms. The standard InChI is InChI=1S/C24H31N3O10/c28-20(34-10-13-1-3-16-18(5-13)36-16)8-26-22(30)25(7-15-12-33-15)23(31)27(24(26)32)9-21(29)35-11-14-2-4-17-19(6-14)37-17/h13-19H,1-12H2. The van der Waals surface area contributed by atoms with Crippen molar-refractivity contribution < 1.29 is 33.3 Å². The highest BCUT2D eigenvalue weighted by Gasteiger charge is 2.45. The van der Waals surface area contributed by atoms with Crippen LogP contribution in [0.25, 0.3) is 0 Å². The molecule has 0 bridgehead atoms. The average Bonchev–Trinajstić information content (AvgIpc) is 3.75. The first kappa shape index (κ1) is 24.6. The van der Waals surface area contributed by atoms with Crippen molar-refractivity contribution in [3.05, 3.63) is 31.5 Å². The minimum Gasteiger partial charge on any atom is -0.464 e. The molecule has 6 rings (SSSR count). The van der Waals surface area contributed by atoms with Crippen LogP contribution in [0.5, 0.6) is 0 Å². The van der Waals surface area contributed by atoms with Gasteiger partial charge in [-0.3, -0.25) is 9.59 Å². The first-order valence-corrected chi connectivity index (χ1v) is 13.0. The second-order valence-corrected chi connectivity index (χ2v) is 10.7. The molecule has 2 aliphatic carbocycles. The van der Waals surface area contributed by atoms with Crippen molar-refractivity contribution in [2.45, 2.75) is 88.7 Å². The van der Waals surface area contributed by atoms with Crippen LogP contribution < -0.4 is 17.1 Å². The van der Waals surface area contributed by atoms with Gasteiger partial charge < -0.3 is 23.7 Å². The van der Waals surface area contributed by atoms with Crippen molar-refractivity contribution in [1.82, 2.24) is 13.7 Å². The highest BCUT2D eigenvalue weighted by atomic mass is 16.6. The van der Waals surface area contributed by atoms with Crippen LogP contribution in [0.1, 0.15) is 38.5 Å². The van der Waals surface area contributed by atoms with Crippen LogP contribution in [0.15, 0.2) is 14.4 Å². The van der Waals surface area contributed by atoms with Gasteiger partial charge in [0.05, 0.1) is 56.9 Å². The molecule has 5 fully saturated rings. The maximum atomic E-state index is 13.1. The first-order valence-electron chi connectivity index (χ1n) is 13.0. The molecule has 37 heavy (non-hydrogen) atoms. The molecule has 7 atom stereocenters. The van der Waals surface area contributed by atoms with E-state index in [4.69, 9.17) is 23.7 Å². The molecule has 2 saturated carbocycles. The van der Waals surface area contributed by atoms with E-state index in [1.54, 1.807) is 0 Å². The Morgan fingerprint density at radius 2 is 1.16 bits per heavy atom. The number of hydrogen-bond donors (Lipinski definition) is 0. The number of hydrogen-bond acceptors (Lipinski definition) is 10. The van der Waals surface area contributed by atoms with E-state index in [0.29, 0.717) is 27.9 Å². The third-order valence-corrected chi connectivity index (χ3v) is 7.93. The number of carbonyl (C=O) groups is 2. The van der Waals surface area contributed by atoms with Gasteiger partial charge in [0.2, 0.25) is 0 Å². The Morgan fingerprint density at radius 3 is 1.59 bits per heavy atom. The van der Waals surface area contributed by atoms with Crippen LogP contribution in [0, 0.1) is 11.8 Å². The van der Waals surface area contributed by atoms with Gasteiger partial charge in [-0.05, 0) is 50.4 Å². The lowest BCUT2D eigenvalue weighted by molar-refractivity contribution is -0.146. The summed E-state index contributed by atoms with van der Waals surface area (Å²) in [4.78, 5) is 64.1. The van der Waals surface area contributed by atoms with E-state index in [9.17, 15) is 24.0 Å². The summed E-state index contributed by atoms with van der Waals surface area (Å²) >= 11 is 0. The Bertz CT molecular complexity index is 1160. The normalized spacial score (nSPS) is 33.1. The van der Waals surface area contributed by atoms with Gasteiger partial charge in [0.1, 0.15) is 13.1 Å². The Morgan fingerprint density at radius 1 is 0.703 bits per heavy atom. The largest absolute Gasteiger partial charge is 0.464 e. The molecule has 0 amide bonds. The number of aromatic nitrogens is 3. The van der Waals surface area contributed by atoms with Gasteiger partial charge in [-0.2, -0.15) is 0 Å². The summed E-state index contributed by atoms with van der Waals surface area (Å²) in [6.07, 6.45) is 6.02. The number of esters is 2. The lowest BCUT2D eigenvalue weighted by Crippen LogP contribution is -2.56. The maximum Gasteiger partial charge on any atom is 0.337 e. The highest BCUT2D eigenvalue weighted by molar-refractivity contribution is 5.69. The lowest BCUT2D eigenvalue weighted by atomic mass is 9.90. The van der Waals surface area contributed by atoms with E-state index in [1.807, 2.05) is 0 Å². The van der Waals surface area contributed by atoms with E-state index in [-0.39, 0.29) is 49.9 Å². The fourth-order valence-corrected chi connectivity index (χ4v) is 5.53. The van der Waals surface area contributed by atoms with E-state index >= 15 is 0 Å². The van der Waals surface area contributed by atoms with Gasteiger partial charge in [-0.15, -0.1) is 0 Å². The van der Waals surface area contributed by atoms with Gasteiger partial charge in [-0.25, -0.2) is 28.1 Å². The van der Waals surface area contributed by atoms with Crippen molar-refractivity contribution >= 4 is 11.9 Å². The molecule has 13 nitrogen and oxygen atoms in total. The molecule has 3 aliphatic heterocycles. The Kier molecular flexibility index (Phi) is 6.53. The second-order valence-electron chi connectivity index (χ2n) is 10.7. The average molecular weight is 522 g/mol. The first-order chi connectivity index (χ1) is 17.9. The van der Waals surface area contributed by atoms with Gasteiger partial charge >= 0.3 is 29.0 Å². The summed E-state index contributed by atoms with van der Waals surface area (Å²) in [5.74, 6) is -1.20. The summed E-state index contributed by atoms with van der Waals surface area (Å²) in [5.41, 5.74) is -2.95. The molecule has 7 unspecified atom stereocenters. The molecular weight excluding hydrogens is 490 g/mol. The van der Waals surface area contributed by atoms with Crippen LogP contribution >= 0.6 is 0 Å². The fourth-order valence-electron chi connectivity index (χ4n) is 5.53. The molecule has 3 saturated heterocycles. The summed E-state index contributed by atoms with van der Waals surface area (Å²) in [6, 6.07) is 0. The van der Waals surface area contributed by atoms with Crippen LogP contribution in [0.3, 0.4) is 0 Å². The van der Waals surface area contributed by atoms with Gasteiger partial charge in [0.25, 0.3) is 0 Å². The topological polar surface area (TPSA) is 156 Å². The minimum absolute atomic E-state index is 0.0860. The molecule has 0 aromatic carbocycles. The summed E-state index contributed by atoms with van der Waals surface area (Å²) in [5, 5.41) is 0. The monoisotopic (exact) mass is 521 g/mol. The number of epoxide rings is 3. The molecular formula is C24H31N3O10. The molecule has 5 aliphatic rings. The lowest BCUT2D eigenvalue weighted by Gasteiger charge is -2.19. The predicted molar refractivity (Wildman–Crippen MR) is 123 cm³/mol. The van der Waals surface area contributed by atoms with Crippen LogP contribution in [0.4, 0.5) is 0 Å². The van der Waals surface area contributed by atoms with E-state index in [1.165, 1.54) is 0 Å². The zero-order valence-corrected chi connectivity index (χ0v) is 20.5. The molecule has 13 heteroatoms. The third-order valence-electron chi connectivity index (χ3n) is 7.93. The minimum atomic E-state index is -1.06. The van der Waals surface area contributed by atoms with Gasteiger partial charge in [0, 0.05) is 0 Å². The molecule has 0 N–H and O–H groups in total. The van der Waals surface area contributed by atoms with E-state index in [2.05, 4.69) is 0 Å². The highest BCUT2D eigenvalue weighted by Crippen LogP contribution is 2.40. The van der Waals surface area contributed by atoms with Crippen molar-refractivity contribution in [1.29, 1.82) is 0 Å². The number of nitrogens with zero attached hydrogens (tertiary/aromatic N) is 3. The van der Waals surface area contributed by atoms with E-state index in [0.717, 1.165) is 43.1 Å². The molecule has 1 aromatic heterocycles. The summed E-state index contributed by atoms with van der Waals surface area (Å²) in [6.45, 7) is -0.711. The molecule has 0 radical (unpaired) electrons. The van der Waals surface area contributed by atoms with Crippen LogP contribution in [-0.4, -0.2) is 76.0 Å². The third kappa shape index (κ3) is 5.58. The number of carbonyl (C=O) groups excluding carboxylic acids is 2. The molecule has 4 heterocycles. The number of rotatable bonds is 10. The quantitative estimate of drug-likeness (QED) is 0.270. The predicted octanol–water partition coefficient (Wildman–Crippen LogP) is -1.21.